The molecule has 1 aromatic carbocycles. The van der Waals surface area contributed by atoms with E-state index >= 15 is 0 Å². The zero-order valence-electron chi connectivity index (χ0n) is 14.0. The zero-order chi connectivity index (χ0) is 18.6. The molecule has 2 aromatic rings. The molecule has 8 nitrogen and oxygen atoms in total. The van der Waals surface area contributed by atoms with Gasteiger partial charge in [0.1, 0.15) is 5.54 Å². The number of nitrogens with one attached hydrogen (secondary N) is 2. The number of benzene rings is 1. The standard InChI is InChI=1S/C17H17N5O3S/c1-2-17(12-7-4-3-5-8-12)14(24)22(16(25)20-17)21-13(23)11-26-15-18-9-6-10-19-15/h3-10H,2,11H2,1H3,(H,20,25)(H,21,23). The molecule has 2 N–H and O–H groups in total. The lowest BCUT2D eigenvalue weighted by Crippen LogP contribution is -2.49. The van der Waals surface area contributed by atoms with Gasteiger partial charge in [-0.25, -0.2) is 14.8 Å². The van der Waals surface area contributed by atoms with Crippen molar-refractivity contribution < 1.29 is 14.4 Å². The molecular weight excluding hydrogens is 354 g/mol. The minimum atomic E-state index is -1.18. The molecule has 1 aliphatic rings. The highest BCUT2D eigenvalue weighted by Crippen LogP contribution is 2.31. The van der Waals surface area contributed by atoms with Crippen LogP contribution in [0.5, 0.6) is 0 Å². The van der Waals surface area contributed by atoms with Crippen LogP contribution in [-0.2, 0) is 15.1 Å². The number of rotatable bonds is 6. The van der Waals surface area contributed by atoms with Crippen molar-refractivity contribution in [1.29, 1.82) is 0 Å². The molecule has 9 heteroatoms. The maximum absolute atomic E-state index is 12.9. The number of hydrazine groups is 1. The first-order valence-electron chi connectivity index (χ1n) is 7.98. The van der Waals surface area contributed by atoms with Crippen molar-refractivity contribution in [3.8, 4) is 0 Å². The Hall–Kier alpha value is -2.94. The van der Waals surface area contributed by atoms with E-state index in [9.17, 15) is 14.4 Å². The number of thioether (sulfide) groups is 1. The van der Waals surface area contributed by atoms with Gasteiger partial charge in [0, 0.05) is 12.4 Å². The Morgan fingerprint density at radius 2 is 1.88 bits per heavy atom. The highest BCUT2D eigenvalue weighted by atomic mass is 32.2. The zero-order valence-corrected chi connectivity index (χ0v) is 14.8. The van der Waals surface area contributed by atoms with Gasteiger partial charge in [-0.05, 0) is 18.1 Å². The summed E-state index contributed by atoms with van der Waals surface area (Å²) < 4.78 is 0. The molecule has 26 heavy (non-hydrogen) atoms. The molecule has 1 saturated heterocycles. The molecule has 1 aliphatic heterocycles. The number of amides is 4. The minimum Gasteiger partial charge on any atom is -0.318 e. The van der Waals surface area contributed by atoms with Crippen molar-refractivity contribution in [2.75, 3.05) is 5.75 Å². The van der Waals surface area contributed by atoms with Crippen LogP contribution in [-0.4, -0.2) is 38.6 Å². The second-order valence-electron chi connectivity index (χ2n) is 5.55. The van der Waals surface area contributed by atoms with E-state index in [2.05, 4.69) is 20.7 Å². The highest BCUT2D eigenvalue weighted by Gasteiger charge is 2.52. The lowest BCUT2D eigenvalue weighted by atomic mass is 9.87. The summed E-state index contributed by atoms with van der Waals surface area (Å²) >= 11 is 1.11. The van der Waals surface area contributed by atoms with Crippen LogP contribution >= 0.6 is 11.8 Å². The molecule has 2 heterocycles. The maximum Gasteiger partial charge on any atom is 0.344 e. The lowest BCUT2D eigenvalue weighted by molar-refractivity contribution is -0.138. The molecule has 134 valence electrons. The van der Waals surface area contributed by atoms with Crippen molar-refractivity contribution in [2.45, 2.75) is 24.0 Å². The van der Waals surface area contributed by atoms with Crippen molar-refractivity contribution >= 4 is 29.6 Å². The van der Waals surface area contributed by atoms with E-state index in [1.54, 1.807) is 49.6 Å². The molecule has 4 amide bonds. The van der Waals surface area contributed by atoms with Crippen LogP contribution in [0.1, 0.15) is 18.9 Å². The van der Waals surface area contributed by atoms with Gasteiger partial charge in [0.2, 0.25) is 5.91 Å². The van der Waals surface area contributed by atoms with Gasteiger partial charge in [0.05, 0.1) is 5.75 Å². The largest absolute Gasteiger partial charge is 0.344 e. The topological polar surface area (TPSA) is 104 Å². The van der Waals surface area contributed by atoms with Crippen molar-refractivity contribution in [3.63, 3.8) is 0 Å². The van der Waals surface area contributed by atoms with Crippen LogP contribution in [0.4, 0.5) is 4.79 Å². The number of hydrogen-bond acceptors (Lipinski definition) is 6. The van der Waals surface area contributed by atoms with E-state index < -0.39 is 23.4 Å². The summed E-state index contributed by atoms with van der Waals surface area (Å²) in [6.45, 7) is 1.80. The van der Waals surface area contributed by atoms with Gasteiger partial charge in [0.25, 0.3) is 5.91 Å². The molecular formula is C17H17N5O3S. The summed E-state index contributed by atoms with van der Waals surface area (Å²) in [5, 5.41) is 3.88. The SMILES string of the molecule is CCC1(c2ccccc2)NC(=O)N(NC(=O)CSc2ncccn2)C1=O. The Labute approximate surface area is 154 Å². The first-order valence-corrected chi connectivity index (χ1v) is 8.97. The van der Waals surface area contributed by atoms with E-state index in [0.717, 1.165) is 16.8 Å². The molecule has 0 aliphatic carbocycles. The van der Waals surface area contributed by atoms with E-state index in [1.165, 1.54) is 0 Å². The first kappa shape index (κ1) is 17.9. The predicted molar refractivity (Wildman–Crippen MR) is 94.7 cm³/mol. The second kappa shape index (κ2) is 7.52. The number of carbonyl (C=O) groups excluding carboxylic acids is 3. The van der Waals surface area contributed by atoms with Gasteiger partial charge in [-0.1, -0.05) is 49.0 Å². The fraction of sp³-hybridized carbons (Fsp3) is 0.235. The summed E-state index contributed by atoms with van der Waals surface area (Å²) in [4.78, 5) is 45.3. The fourth-order valence-electron chi connectivity index (χ4n) is 2.69. The molecule has 1 aromatic heterocycles. The molecule has 1 unspecified atom stereocenters. The van der Waals surface area contributed by atoms with Crippen molar-refractivity contribution in [2.24, 2.45) is 0 Å². The quantitative estimate of drug-likeness (QED) is 0.453. The Bertz CT molecular complexity index is 818. The molecule has 3 rings (SSSR count). The van der Waals surface area contributed by atoms with Crippen molar-refractivity contribution in [3.05, 3.63) is 54.4 Å². The Morgan fingerprint density at radius 1 is 1.19 bits per heavy atom. The average molecular weight is 371 g/mol. The third kappa shape index (κ3) is 3.38. The molecule has 0 saturated carbocycles. The lowest BCUT2D eigenvalue weighted by Gasteiger charge is -2.25. The van der Waals surface area contributed by atoms with E-state index in [4.69, 9.17) is 0 Å². The molecule has 1 atom stereocenters. The Morgan fingerprint density at radius 3 is 2.54 bits per heavy atom. The second-order valence-corrected chi connectivity index (χ2v) is 6.49. The third-order valence-electron chi connectivity index (χ3n) is 4.00. The monoisotopic (exact) mass is 371 g/mol. The van der Waals surface area contributed by atoms with Gasteiger partial charge in [-0.15, -0.1) is 0 Å². The third-order valence-corrected chi connectivity index (χ3v) is 4.88. The van der Waals surface area contributed by atoms with Gasteiger partial charge in [0.15, 0.2) is 5.16 Å². The number of imide groups is 1. The average Bonchev–Trinajstić information content (AvgIpc) is 2.93. The normalized spacial score (nSPS) is 19.3. The summed E-state index contributed by atoms with van der Waals surface area (Å²) in [5.74, 6) is -1.03. The minimum absolute atomic E-state index is 0.0223. The van der Waals surface area contributed by atoms with E-state index in [-0.39, 0.29) is 5.75 Å². The van der Waals surface area contributed by atoms with Gasteiger partial charge >= 0.3 is 6.03 Å². The number of aromatic nitrogens is 2. The van der Waals surface area contributed by atoms with E-state index in [1.807, 2.05) is 6.07 Å². The van der Waals surface area contributed by atoms with Crippen molar-refractivity contribution in [1.82, 2.24) is 25.7 Å². The van der Waals surface area contributed by atoms with Crippen LogP contribution in [0.3, 0.4) is 0 Å². The van der Waals surface area contributed by atoms with Crippen LogP contribution in [0.25, 0.3) is 0 Å². The van der Waals surface area contributed by atoms with Crippen LogP contribution in [0, 0.1) is 0 Å². The summed E-state index contributed by atoms with van der Waals surface area (Å²) in [7, 11) is 0. The molecule has 0 spiro atoms. The van der Waals surface area contributed by atoms with Crippen LogP contribution in [0.2, 0.25) is 0 Å². The first-order chi connectivity index (χ1) is 12.6. The number of urea groups is 1. The van der Waals surface area contributed by atoms with Crippen LogP contribution < -0.4 is 10.7 Å². The maximum atomic E-state index is 12.9. The number of nitrogens with zero attached hydrogens (tertiary/aromatic N) is 3. The Kier molecular flexibility index (Phi) is 5.17. The van der Waals surface area contributed by atoms with Gasteiger partial charge < -0.3 is 5.32 Å². The summed E-state index contributed by atoms with van der Waals surface area (Å²) in [5.41, 5.74) is 1.86. The molecule has 1 fully saturated rings. The van der Waals surface area contributed by atoms with Gasteiger partial charge in [-0.2, -0.15) is 5.01 Å². The molecule has 0 bridgehead atoms. The predicted octanol–water partition coefficient (Wildman–Crippen LogP) is 1.46. The number of hydrogen-bond donors (Lipinski definition) is 2. The highest BCUT2D eigenvalue weighted by molar-refractivity contribution is 7.99. The van der Waals surface area contributed by atoms with Gasteiger partial charge in [-0.3, -0.25) is 15.0 Å². The van der Waals surface area contributed by atoms with E-state index in [0.29, 0.717) is 17.1 Å². The number of carbonyl (C=O) groups is 3. The molecule has 0 radical (unpaired) electrons. The van der Waals surface area contributed by atoms with Crippen LogP contribution in [0.15, 0.2) is 53.9 Å². The smallest absolute Gasteiger partial charge is 0.318 e. The summed E-state index contributed by atoms with van der Waals surface area (Å²) in [6, 6.07) is 9.98. The summed E-state index contributed by atoms with van der Waals surface area (Å²) in [6.07, 6.45) is 3.50. The fourth-order valence-corrected chi connectivity index (χ4v) is 3.28. The Balaban J connectivity index is 1.70.